The average molecular weight is 482 g/mol. The third-order valence-electron chi connectivity index (χ3n) is 5.18. The highest BCUT2D eigenvalue weighted by atomic mass is 35.5. The number of carbonyl (C=O) groups excluding carboxylic acids is 2. The predicted molar refractivity (Wildman–Crippen MR) is 119 cm³/mol. The second-order valence-corrected chi connectivity index (χ2v) is 10.3. The summed E-state index contributed by atoms with van der Waals surface area (Å²) in [6.45, 7) is 0.212. The molecule has 0 saturated heterocycles. The van der Waals surface area contributed by atoms with E-state index in [1.165, 1.54) is 15.5 Å². The van der Waals surface area contributed by atoms with Crippen molar-refractivity contribution in [1.82, 2.24) is 14.8 Å². The van der Waals surface area contributed by atoms with Gasteiger partial charge in [0.15, 0.2) is 0 Å². The summed E-state index contributed by atoms with van der Waals surface area (Å²) in [6.07, 6.45) is 1.40. The van der Waals surface area contributed by atoms with Gasteiger partial charge in [0.2, 0.25) is 0 Å². The molecule has 2 amide bonds. The average Bonchev–Trinajstić information content (AvgIpc) is 2.74. The number of aliphatic hydroxyl groups excluding tert-OH is 1. The van der Waals surface area contributed by atoms with Crippen LogP contribution in [-0.2, 0) is 29.5 Å². The Balaban J connectivity index is 1.81. The van der Waals surface area contributed by atoms with E-state index in [0.717, 1.165) is 11.8 Å². The number of nitrogens with one attached hydrogen (secondary N) is 1. The number of hydrogen-bond donors (Lipinski definition) is 2. The molecule has 0 saturated carbocycles. The molecule has 0 unspecified atom stereocenters. The molecule has 2 N–H and O–H groups in total. The first-order valence-corrected chi connectivity index (χ1v) is 12.4. The van der Waals surface area contributed by atoms with Gasteiger partial charge in [-0.25, -0.2) is 8.42 Å². The molecule has 0 spiro atoms. The van der Waals surface area contributed by atoms with E-state index in [2.05, 4.69) is 5.32 Å². The molecule has 1 aromatic heterocycles. The highest BCUT2D eigenvalue weighted by molar-refractivity contribution is 7.90. The van der Waals surface area contributed by atoms with Crippen molar-refractivity contribution < 1.29 is 23.1 Å². The molecule has 2 aromatic rings. The molecule has 9 nitrogen and oxygen atoms in total. The van der Waals surface area contributed by atoms with Gasteiger partial charge in [-0.2, -0.15) is 0 Å². The molecule has 172 valence electrons. The third kappa shape index (κ3) is 5.56. The summed E-state index contributed by atoms with van der Waals surface area (Å²) in [5, 5.41) is 13.0. The zero-order valence-corrected chi connectivity index (χ0v) is 19.1. The number of halogens is 1. The fourth-order valence-corrected chi connectivity index (χ4v) is 4.34. The number of fused-ring (bicyclic) bond motifs is 1. The molecule has 2 heterocycles. The second kappa shape index (κ2) is 9.85. The highest BCUT2D eigenvalue weighted by Crippen LogP contribution is 2.18. The Morgan fingerprint density at radius 1 is 1.19 bits per heavy atom. The SMILES string of the molecule is CS(=O)(=O)CCCN1CCn2c(c(CO)cc(C(=O)NCc3ccc(Cl)cc3)c2=O)C1=O. The van der Waals surface area contributed by atoms with Crippen LogP contribution in [0, 0.1) is 0 Å². The Hall–Kier alpha value is -2.69. The fourth-order valence-electron chi connectivity index (χ4n) is 3.56. The minimum absolute atomic E-state index is 0.0253. The van der Waals surface area contributed by atoms with Crippen LogP contribution in [0.3, 0.4) is 0 Å². The van der Waals surface area contributed by atoms with Crippen molar-refractivity contribution >= 4 is 33.3 Å². The van der Waals surface area contributed by atoms with E-state index in [-0.39, 0.29) is 55.2 Å². The maximum Gasteiger partial charge on any atom is 0.271 e. The van der Waals surface area contributed by atoms with E-state index in [1.54, 1.807) is 24.3 Å². The summed E-state index contributed by atoms with van der Waals surface area (Å²) in [5.74, 6) is -1.14. The lowest BCUT2D eigenvalue weighted by molar-refractivity contribution is 0.0694. The van der Waals surface area contributed by atoms with Crippen LogP contribution in [0.5, 0.6) is 0 Å². The molecule has 3 rings (SSSR count). The molecule has 0 fully saturated rings. The lowest BCUT2D eigenvalue weighted by atomic mass is 10.1. The van der Waals surface area contributed by atoms with Crippen molar-refractivity contribution in [2.24, 2.45) is 0 Å². The first kappa shape index (κ1) is 24.0. The Morgan fingerprint density at radius 3 is 2.50 bits per heavy atom. The van der Waals surface area contributed by atoms with Crippen LogP contribution in [0.15, 0.2) is 35.1 Å². The van der Waals surface area contributed by atoms with E-state index in [0.29, 0.717) is 5.02 Å². The molecular formula is C21H24ClN3O6S. The van der Waals surface area contributed by atoms with E-state index in [9.17, 15) is 27.9 Å². The highest BCUT2D eigenvalue weighted by Gasteiger charge is 2.30. The number of sulfone groups is 1. The van der Waals surface area contributed by atoms with E-state index in [1.807, 2.05) is 0 Å². The maximum absolute atomic E-state index is 12.9. The number of aliphatic hydroxyl groups is 1. The summed E-state index contributed by atoms with van der Waals surface area (Å²) in [5.41, 5.74) is 0.208. The van der Waals surface area contributed by atoms with Crippen molar-refractivity contribution in [3.05, 3.63) is 68.1 Å². The molecule has 1 aliphatic heterocycles. The van der Waals surface area contributed by atoms with Gasteiger partial charge in [-0.3, -0.25) is 14.4 Å². The third-order valence-corrected chi connectivity index (χ3v) is 6.46. The first-order valence-electron chi connectivity index (χ1n) is 9.98. The van der Waals surface area contributed by atoms with Crippen LogP contribution in [0.2, 0.25) is 5.02 Å². The molecule has 0 bridgehead atoms. The Labute approximate surface area is 190 Å². The van der Waals surface area contributed by atoms with Crippen molar-refractivity contribution in [2.45, 2.75) is 26.1 Å². The maximum atomic E-state index is 12.9. The molecule has 0 atom stereocenters. The van der Waals surface area contributed by atoms with Gasteiger partial charge < -0.3 is 19.9 Å². The van der Waals surface area contributed by atoms with Gasteiger partial charge in [-0.05, 0) is 30.2 Å². The summed E-state index contributed by atoms with van der Waals surface area (Å²) < 4.78 is 23.9. The normalized spacial score (nSPS) is 13.7. The lowest BCUT2D eigenvalue weighted by Crippen LogP contribution is -2.47. The van der Waals surface area contributed by atoms with Crippen LogP contribution in [0.25, 0.3) is 0 Å². The van der Waals surface area contributed by atoms with E-state index in [4.69, 9.17) is 11.6 Å². The number of amides is 2. The molecule has 0 aliphatic carbocycles. The van der Waals surface area contributed by atoms with E-state index >= 15 is 0 Å². The van der Waals surface area contributed by atoms with Gasteiger partial charge in [0.1, 0.15) is 21.1 Å². The zero-order chi connectivity index (χ0) is 23.5. The van der Waals surface area contributed by atoms with Crippen LogP contribution in [-0.4, -0.2) is 59.9 Å². The summed E-state index contributed by atoms with van der Waals surface area (Å²) in [7, 11) is -3.15. The topological polar surface area (TPSA) is 126 Å². The number of benzene rings is 1. The molecule has 11 heteroatoms. The molecular weight excluding hydrogens is 458 g/mol. The zero-order valence-electron chi connectivity index (χ0n) is 17.5. The van der Waals surface area contributed by atoms with Crippen molar-refractivity contribution in [3.8, 4) is 0 Å². The smallest absolute Gasteiger partial charge is 0.271 e. The fraction of sp³-hybridized carbons (Fsp3) is 0.381. The minimum atomic E-state index is -3.15. The number of aromatic nitrogens is 1. The van der Waals surface area contributed by atoms with E-state index < -0.39 is 33.8 Å². The Bertz CT molecular complexity index is 1190. The van der Waals surface area contributed by atoms with Gasteiger partial charge in [0, 0.05) is 43.0 Å². The quantitative estimate of drug-likeness (QED) is 0.574. The van der Waals surface area contributed by atoms with Crippen molar-refractivity contribution in [3.63, 3.8) is 0 Å². The number of carbonyl (C=O) groups is 2. The predicted octanol–water partition coefficient (Wildman–Crippen LogP) is 0.815. The number of pyridine rings is 1. The van der Waals surface area contributed by atoms with Gasteiger partial charge in [0.25, 0.3) is 17.4 Å². The van der Waals surface area contributed by atoms with Crippen LogP contribution < -0.4 is 10.9 Å². The van der Waals surface area contributed by atoms with Gasteiger partial charge in [-0.15, -0.1) is 0 Å². The number of rotatable bonds is 8. The van der Waals surface area contributed by atoms with Crippen molar-refractivity contribution in [1.29, 1.82) is 0 Å². The molecule has 1 aliphatic rings. The van der Waals surface area contributed by atoms with Crippen LogP contribution in [0.1, 0.15) is 38.4 Å². The van der Waals surface area contributed by atoms with Crippen LogP contribution >= 0.6 is 11.6 Å². The molecule has 0 radical (unpaired) electrons. The summed E-state index contributed by atoms with van der Waals surface area (Å²) in [4.78, 5) is 40.0. The standard InChI is InChI=1S/C21H24ClN3O6S/c1-32(30,31)10-2-7-24-8-9-25-18(21(24)29)15(13-26)11-17(20(25)28)19(27)23-12-14-3-5-16(22)6-4-14/h3-6,11,26H,2,7-10,12-13H2,1H3,(H,23,27). The van der Waals surface area contributed by atoms with Gasteiger partial charge in [0.05, 0.1) is 12.4 Å². The lowest BCUT2D eigenvalue weighted by Gasteiger charge is -2.31. The molecule has 32 heavy (non-hydrogen) atoms. The Kier molecular flexibility index (Phi) is 7.37. The second-order valence-electron chi connectivity index (χ2n) is 7.63. The largest absolute Gasteiger partial charge is 0.392 e. The Morgan fingerprint density at radius 2 is 1.88 bits per heavy atom. The van der Waals surface area contributed by atoms with Crippen LogP contribution in [0.4, 0.5) is 0 Å². The summed E-state index contributed by atoms with van der Waals surface area (Å²) >= 11 is 5.85. The monoisotopic (exact) mass is 481 g/mol. The minimum Gasteiger partial charge on any atom is -0.392 e. The van der Waals surface area contributed by atoms with Crippen molar-refractivity contribution in [2.75, 3.05) is 25.1 Å². The van der Waals surface area contributed by atoms with Gasteiger partial charge >= 0.3 is 0 Å². The number of nitrogens with zero attached hydrogens (tertiary/aromatic N) is 2. The van der Waals surface area contributed by atoms with Gasteiger partial charge in [-0.1, -0.05) is 23.7 Å². The number of hydrogen-bond acceptors (Lipinski definition) is 6. The summed E-state index contributed by atoms with van der Waals surface area (Å²) in [6, 6.07) is 8.11. The molecule has 1 aromatic carbocycles. The first-order chi connectivity index (χ1) is 15.1.